The molecule has 0 saturated carbocycles. The highest BCUT2D eigenvalue weighted by Gasteiger charge is 2.05. The van der Waals surface area contributed by atoms with Crippen molar-refractivity contribution < 1.29 is 5.11 Å². The molecule has 1 aromatic carbocycles. The standard InChI is InChI=1S/C11H12OS2/c1-7-3-8(13-2)5-11-10(7)4-9(6-12)14-11/h3-5,12H,6H2,1-2H3. The monoisotopic (exact) mass is 224 g/mol. The summed E-state index contributed by atoms with van der Waals surface area (Å²) in [5.41, 5.74) is 1.29. The van der Waals surface area contributed by atoms with Crippen molar-refractivity contribution in [1.29, 1.82) is 0 Å². The largest absolute Gasteiger partial charge is 0.391 e. The molecule has 74 valence electrons. The fourth-order valence-corrected chi connectivity index (χ4v) is 3.18. The molecule has 1 N–H and O–H groups in total. The first-order valence-corrected chi connectivity index (χ1v) is 6.46. The van der Waals surface area contributed by atoms with E-state index in [0.717, 1.165) is 4.88 Å². The normalized spacial score (nSPS) is 11.1. The molecular formula is C11H12OS2. The van der Waals surface area contributed by atoms with Crippen LogP contribution in [0.5, 0.6) is 0 Å². The molecule has 1 nitrogen and oxygen atoms in total. The maximum atomic E-state index is 9.06. The van der Waals surface area contributed by atoms with Crippen molar-refractivity contribution in [2.24, 2.45) is 0 Å². The summed E-state index contributed by atoms with van der Waals surface area (Å²) in [5.74, 6) is 0. The van der Waals surface area contributed by atoms with Gasteiger partial charge in [0, 0.05) is 14.5 Å². The lowest BCUT2D eigenvalue weighted by Gasteiger charge is -1.99. The quantitative estimate of drug-likeness (QED) is 0.789. The Hall–Kier alpha value is -0.510. The van der Waals surface area contributed by atoms with E-state index in [1.54, 1.807) is 23.1 Å². The van der Waals surface area contributed by atoms with Crippen LogP contribution < -0.4 is 0 Å². The highest BCUT2D eigenvalue weighted by molar-refractivity contribution is 7.98. The molecule has 0 radical (unpaired) electrons. The second-order valence-electron chi connectivity index (χ2n) is 3.23. The number of hydrogen-bond donors (Lipinski definition) is 1. The number of hydrogen-bond acceptors (Lipinski definition) is 3. The van der Waals surface area contributed by atoms with Gasteiger partial charge in [0.1, 0.15) is 0 Å². The van der Waals surface area contributed by atoms with Gasteiger partial charge >= 0.3 is 0 Å². The predicted octanol–water partition coefficient (Wildman–Crippen LogP) is 3.42. The first-order valence-electron chi connectivity index (χ1n) is 4.42. The Morgan fingerprint density at radius 3 is 2.79 bits per heavy atom. The molecule has 2 aromatic rings. The fraction of sp³-hybridized carbons (Fsp3) is 0.273. The molecule has 0 amide bonds. The molecule has 2 rings (SSSR count). The molecule has 1 heterocycles. The molecule has 0 aliphatic carbocycles. The summed E-state index contributed by atoms with van der Waals surface area (Å²) in [6, 6.07) is 6.47. The second kappa shape index (κ2) is 3.93. The van der Waals surface area contributed by atoms with Gasteiger partial charge in [0.25, 0.3) is 0 Å². The minimum Gasteiger partial charge on any atom is -0.391 e. The average Bonchev–Trinajstić information content (AvgIpc) is 2.61. The summed E-state index contributed by atoms with van der Waals surface area (Å²) in [7, 11) is 0. The van der Waals surface area contributed by atoms with Crippen molar-refractivity contribution in [3.63, 3.8) is 0 Å². The van der Waals surface area contributed by atoms with Crippen LogP contribution in [0.4, 0.5) is 0 Å². The summed E-state index contributed by atoms with van der Waals surface area (Å²) in [4.78, 5) is 2.34. The second-order valence-corrected chi connectivity index (χ2v) is 5.27. The fourth-order valence-electron chi connectivity index (χ4n) is 1.53. The van der Waals surface area contributed by atoms with Crippen molar-refractivity contribution in [2.75, 3.05) is 6.26 Å². The highest BCUT2D eigenvalue weighted by Crippen LogP contribution is 2.32. The minimum absolute atomic E-state index is 0.146. The Balaban J connectivity index is 2.67. The summed E-state index contributed by atoms with van der Waals surface area (Å²) < 4.78 is 1.28. The minimum atomic E-state index is 0.146. The molecule has 0 aliphatic rings. The first kappa shape index (κ1) is 10.0. The number of aliphatic hydroxyl groups excluding tert-OH is 1. The van der Waals surface area contributed by atoms with Crippen LogP contribution in [0.1, 0.15) is 10.4 Å². The lowest BCUT2D eigenvalue weighted by atomic mass is 10.1. The van der Waals surface area contributed by atoms with Crippen molar-refractivity contribution >= 4 is 33.2 Å². The van der Waals surface area contributed by atoms with Gasteiger partial charge in [0.15, 0.2) is 0 Å². The lowest BCUT2D eigenvalue weighted by molar-refractivity contribution is 0.285. The smallest absolute Gasteiger partial charge is 0.0774 e. The van der Waals surface area contributed by atoms with Crippen LogP contribution in [-0.4, -0.2) is 11.4 Å². The van der Waals surface area contributed by atoms with Crippen LogP contribution in [0, 0.1) is 6.92 Å². The van der Waals surface area contributed by atoms with Gasteiger partial charge in [-0.25, -0.2) is 0 Å². The third-order valence-corrected chi connectivity index (χ3v) is 4.03. The third kappa shape index (κ3) is 1.67. The van der Waals surface area contributed by atoms with Gasteiger partial charge in [-0.3, -0.25) is 0 Å². The maximum Gasteiger partial charge on any atom is 0.0774 e. The van der Waals surface area contributed by atoms with Gasteiger partial charge in [-0.15, -0.1) is 23.1 Å². The Morgan fingerprint density at radius 2 is 2.14 bits per heavy atom. The summed E-state index contributed by atoms with van der Waals surface area (Å²) in [6.07, 6.45) is 2.08. The number of aryl methyl sites for hydroxylation is 1. The maximum absolute atomic E-state index is 9.06. The van der Waals surface area contributed by atoms with E-state index >= 15 is 0 Å². The van der Waals surface area contributed by atoms with Crippen LogP contribution in [0.2, 0.25) is 0 Å². The number of fused-ring (bicyclic) bond motifs is 1. The molecule has 0 bridgehead atoms. The molecule has 14 heavy (non-hydrogen) atoms. The third-order valence-electron chi connectivity index (χ3n) is 2.26. The number of benzene rings is 1. The van der Waals surface area contributed by atoms with E-state index in [9.17, 15) is 0 Å². The predicted molar refractivity (Wildman–Crippen MR) is 64.3 cm³/mol. The average molecular weight is 224 g/mol. The van der Waals surface area contributed by atoms with Gasteiger partial charge in [-0.2, -0.15) is 0 Å². The Bertz CT molecular complexity index is 460. The summed E-state index contributed by atoms with van der Waals surface area (Å²) in [5, 5.41) is 10.3. The number of aliphatic hydroxyl groups is 1. The molecule has 0 saturated heterocycles. The van der Waals surface area contributed by atoms with Gasteiger partial charge in [0.05, 0.1) is 6.61 Å². The van der Waals surface area contributed by atoms with Crippen LogP contribution >= 0.6 is 23.1 Å². The molecule has 0 atom stereocenters. The SMILES string of the molecule is CSc1cc(C)c2cc(CO)sc2c1. The van der Waals surface area contributed by atoms with E-state index in [1.807, 2.05) is 0 Å². The van der Waals surface area contributed by atoms with Crippen molar-refractivity contribution in [1.82, 2.24) is 0 Å². The van der Waals surface area contributed by atoms with E-state index in [1.165, 1.54) is 20.5 Å². The molecule has 0 unspecified atom stereocenters. The number of rotatable bonds is 2. The van der Waals surface area contributed by atoms with Crippen LogP contribution in [-0.2, 0) is 6.61 Å². The molecule has 3 heteroatoms. The van der Waals surface area contributed by atoms with Gasteiger partial charge < -0.3 is 5.11 Å². The van der Waals surface area contributed by atoms with Gasteiger partial charge in [-0.05, 0) is 42.3 Å². The van der Waals surface area contributed by atoms with Crippen LogP contribution in [0.25, 0.3) is 10.1 Å². The topological polar surface area (TPSA) is 20.2 Å². The molecular weight excluding hydrogens is 212 g/mol. The lowest BCUT2D eigenvalue weighted by Crippen LogP contribution is -1.75. The summed E-state index contributed by atoms with van der Waals surface area (Å²) in [6.45, 7) is 2.27. The van der Waals surface area contributed by atoms with E-state index in [-0.39, 0.29) is 6.61 Å². The van der Waals surface area contributed by atoms with E-state index in [2.05, 4.69) is 31.4 Å². The highest BCUT2D eigenvalue weighted by atomic mass is 32.2. The number of thiophene rings is 1. The Kier molecular flexibility index (Phi) is 2.81. The van der Waals surface area contributed by atoms with E-state index in [4.69, 9.17) is 5.11 Å². The first-order chi connectivity index (χ1) is 6.74. The van der Waals surface area contributed by atoms with Gasteiger partial charge in [-0.1, -0.05) is 0 Å². The molecule has 0 fully saturated rings. The van der Waals surface area contributed by atoms with Crippen LogP contribution in [0.3, 0.4) is 0 Å². The zero-order chi connectivity index (χ0) is 10.1. The zero-order valence-electron chi connectivity index (χ0n) is 8.20. The zero-order valence-corrected chi connectivity index (χ0v) is 9.84. The van der Waals surface area contributed by atoms with E-state index < -0.39 is 0 Å². The van der Waals surface area contributed by atoms with E-state index in [0.29, 0.717) is 0 Å². The van der Waals surface area contributed by atoms with Crippen molar-refractivity contribution in [3.05, 3.63) is 28.6 Å². The molecule has 0 aliphatic heterocycles. The van der Waals surface area contributed by atoms with Crippen molar-refractivity contribution in [3.8, 4) is 0 Å². The Morgan fingerprint density at radius 1 is 1.36 bits per heavy atom. The van der Waals surface area contributed by atoms with Gasteiger partial charge in [0.2, 0.25) is 0 Å². The summed E-state index contributed by atoms with van der Waals surface area (Å²) >= 11 is 3.44. The van der Waals surface area contributed by atoms with Crippen LogP contribution in [0.15, 0.2) is 23.1 Å². The Labute approximate surface area is 91.8 Å². The molecule has 0 spiro atoms. The number of thioether (sulfide) groups is 1. The molecule has 1 aromatic heterocycles. The van der Waals surface area contributed by atoms with Crippen molar-refractivity contribution in [2.45, 2.75) is 18.4 Å².